The Morgan fingerprint density at radius 3 is 2.86 bits per heavy atom. The summed E-state index contributed by atoms with van der Waals surface area (Å²) in [7, 11) is 1.59. The van der Waals surface area contributed by atoms with Gasteiger partial charge >= 0.3 is 0 Å². The normalized spacial score (nSPS) is 12.0. The molecule has 4 rings (SSSR count). The topological polar surface area (TPSA) is 38.8 Å². The number of nitrogens with zero attached hydrogens (tertiary/aromatic N) is 1. The van der Waals surface area contributed by atoms with Crippen LogP contribution < -0.4 is 14.4 Å². The van der Waals surface area contributed by atoms with Crippen LogP contribution in [0.15, 0.2) is 42.5 Å². The van der Waals surface area contributed by atoms with Crippen molar-refractivity contribution >= 4 is 34.5 Å². The number of carbonyl (C=O) groups excluding carboxylic acids is 1. The summed E-state index contributed by atoms with van der Waals surface area (Å²) in [6.45, 7) is 4.98. The van der Waals surface area contributed by atoms with E-state index in [-0.39, 0.29) is 5.91 Å². The van der Waals surface area contributed by atoms with Crippen LogP contribution in [-0.2, 0) is 6.61 Å². The lowest BCUT2D eigenvalue weighted by atomic mass is 10.0. The van der Waals surface area contributed by atoms with E-state index in [4.69, 9.17) is 21.1 Å². The molecular weight excluding hydrogens is 394 g/mol. The summed E-state index contributed by atoms with van der Waals surface area (Å²) in [4.78, 5) is 16.8. The molecule has 3 aromatic rings. The summed E-state index contributed by atoms with van der Waals surface area (Å²) in [6, 6.07) is 13.3. The zero-order valence-corrected chi connectivity index (χ0v) is 17.5. The third-order valence-corrected chi connectivity index (χ3v) is 6.28. The quantitative estimate of drug-likeness (QED) is 0.530. The second-order valence-corrected chi connectivity index (χ2v) is 8.06. The Hall–Kier alpha value is -2.50. The van der Waals surface area contributed by atoms with Gasteiger partial charge in [0.05, 0.1) is 17.7 Å². The van der Waals surface area contributed by atoms with E-state index in [9.17, 15) is 4.79 Å². The van der Waals surface area contributed by atoms with Crippen LogP contribution >= 0.6 is 22.9 Å². The molecule has 144 valence electrons. The number of hydrogen-bond acceptors (Lipinski definition) is 4. The molecule has 0 fully saturated rings. The second kappa shape index (κ2) is 7.49. The summed E-state index contributed by atoms with van der Waals surface area (Å²) in [5.41, 5.74) is 3.94. The number of hydrogen-bond donors (Lipinski definition) is 0. The van der Waals surface area contributed by atoms with E-state index in [2.05, 4.69) is 13.0 Å². The number of benzene rings is 2. The van der Waals surface area contributed by atoms with Crippen molar-refractivity contribution in [3.63, 3.8) is 0 Å². The number of amides is 1. The predicted molar refractivity (Wildman–Crippen MR) is 114 cm³/mol. The zero-order chi connectivity index (χ0) is 19.8. The first-order valence-corrected chi connectivity index (χ1v) is 10.2. The minimum absolute atomic E-state index is 0.0717. The molecule has 2 aromatic carbocycles. The van der Waals surface area contributed by atoms with Gasteiger partial charge in [0, 0.05) is 27.6 Å². The highest BCUT2D eigenvalue weighted by Crippen LogP contribution is 2.45. The summed E-state index contributed by atoms with van der Waals surface area (Å²) >= 11 is 7.69. The first-order chi connectivity index (χ1) is 13.5. The molecule has 4 nitrogen and oxygen atoms in total. The van der Waals surface area contributed by atoms with Gasteiger partial charge in [0.25, 0.3) is 5.91 Å². The van der Waals surface area contributed by atoms with Gasteiger partial charge in [0.1, 0.15) is 18.1 Å². The number of ether oxygens (including phenoxy) is 2. The monoisotopic (exact) mass is 413 g/mol. The van der Waals surface area contributed by atoms with Crippen LogP contribution in [0, 0.1) is 6.92 Å². The van der Waals surface area contributed by atoms with Crippen LogP contribution in [0.2, 0.25) is 5.02 Å². The highest BCUT2D eigenvalue weighted by atomic mass is 35.5. The molecular formula is C22H20ClNO3S. The van der Waals surface area contributed by atoms with Crippen molar-refractivity contribution in [3.8, 4) is 21.9 Å². The molecule has 0 atom stereocenters. The van der Waals surface area contributed by atoms with Gasteiger partial charge in [-0.05, 0) is 49.7 Å². The van der Waals surface area contributed by atoms with E-state index in [1.165, 1.54) is 11.3 Å². The lowest BCUT2D eigenvalue weighted by molar-refractivity contribution is 0.0991. The van der Waals surface area contributed by atoms with Gasteiger partial charge in [-0.3, -0.25) is 4.79 Å². The van der Waals surface area contributed by atoms with Crippen molar-refractivity contribution < 1.29 is 14.3 Å². The third-order valence-electron chi connectivity index (χ3n) is 4.86. The molecule has 28 heavy (non-hydrogen) atoms. The maximum atomic E-state index is 13.4. The number of carbonyl (C=O) groups is 1. The van der Waals surface area contributed by atoms with Gasteiger partial charge in [-0.25, -0.2) is 0 Å². The largest absolute Gasteiger partial charge is 0.495 e. The molecule has 0 bridgehead atoms. The van der Waals surface area contributed by atoms with E-state index < -0.39 is 0 Å². The maximum Gasteiger partial charge on any atom is 0.268 e. The number of methoxy groups -OCH3 is 1. The van der Waals surface area contributed by atoms with Crippen LogP contribution in [-0.4, -0.2) is 19.6 Å². The fraction of sp³-hybridized carbons (Fsp3) is 0.227. The van der Waals surface area contributed by atoms with E-state index in [0.717, 1.165) is 27.3 Å². The molecule has 1 aliphatic heterocycles. The van der Waals surface area contributed by atoms with Crippen molar-refractivity contribution in [3.05, 3.63) is 63.5 Å². The lowest BCUT2D eigenvalue weighted by Crippen LogP contribution is -2.30. The van der Waals surface area contributed by atoms with E-state index in [1.807, 2.05) is 25.1 Å². The average Bonchev–Trinajstić information content (AvgIpc) is 3.13. The lowest BCUT2D eigenvalue weighted by Gasteiger charge is -2.22. The highest BCUT2D eigenvalue weighted by molar-refractivity contribution is 7.17. The van der Waals surface area contributed by atoms with Gasteiger partial charge in [0.15, 0.2) is 0 Å². The summed E-state index contributed by atoms with van der Waals surface area (Å²) in [5.74, 6) is 1.42. The molecule has 0 spiro atoms. The molecule has 0 saturated carbocycles. The molecule has 6 heteroatoms. The van der Waals surface area contributed by atoms with Crippen LogP contribution in [0.3, 0.4) is 0 Å². The fourth-order valence-corrected chi connectivity index (χ4v) is 4.89. The van der Waals surface area contributed by atoms with E-state index in [1.54, 1.807) is 30.2 Å². The van der Waals surface area contributed by atoms with Crippen molar-refractivity contribution in [2.75, 3.05) is 18.6 Å². The molecule has 1 aromatic heterocycles. The Labute approximate surface area is 173 Å². The standard InChI is InChI=1S/C22H20ClNO3S/c1-4-24(16-11-15(23)8-9-17(16)26-3)22(25)19-10-14-12-27-18-7-5-6-13(2)20(18)21(14)28-19/h5-11H,4,12H2,1-3H3. The SMILES string of the molecule is CCN(C(=O)c1cc2c(s1)-c1c(C)cccc1OC2)c1cc(Cl)ccc1OC. The molecule has 0 unspecified atom stereocenters. The summed E-state index contributed by atoms with van der Waals surface area (Å²) in [5, 5.41) is 0.561. The Morgan fingerprint density at radius 2 is 2.11 bits per heavy atom. The highest BCUT2D eigenvalue weighted by Gasteiger charge is 2.27. The molecule has 0 saturated heterocycles. The van der Waals surface area contributed by atoms with Gasteiger partial charge in [-0.2, -0.15) is 0 Å². The molecule has 1 aliphatic rings. The molecule has 0 radical (unpaired) electrons. The smallest absolute Gasteiger partial charge is 0.268 e. The fourth-order valence-electron chi connectivity index (χ4n) is 3.49. The van der Waals surface area contributed by atoms with E-state index in [0.29, 0.717) is 34.5 Å². The Bertz CT molecular complexity index is 1060. The van der Waals surface area contributed by atoms with Crippen LogP contribution in [0.4, 0.5) is 5.69 Å². The molecule has 1 amide bonds. The van der Waals surface area contributed by atoms with Crippen molar-refractivity contribution in [2.24, 2.45) is 0 Å². The molecule has 2 heterocycles. The van der Waals surface area contributed by atoms with Gasteiger partial charge in [-0.1, -0.05) is 23.7 Å². The summed E-state index contributed by atoms with van der Waals surface area (Å²) in [6.07, 6.45) is 0. The number of fused-ring (bicyclic) bond motifs is 3. The minimum Gasteiger partial charge on any atom is -0.495 e. The summed E-state index contributed by atoms with van der Waals surface area (Å²) < 4.78 is 11.3. The molecule has 0 aliphatic carbocycles. The number of halogens is 1. The van der Waals surface area contributed by atoms with Gasteiger partial charge in [0.2, 0.25) is 0 Å². The number of thiophene rings is 1. The number of aryl methyl sites for hydroxylation is 1. The average molecular weight is 414 g/mol. The van der Waals surface area contributed by atoms with Crippen LogP contribution in [0.5, 0.6) is 11.5 Å². The zero-order valence-electron chi connectivity index (χ0n) is 15.9. The molecule has 0 N–H and O–H groups in total. The first-order valence-electron chi connectivity index (χ1n) is 9.04. The third kappa shape index (κ3) is 3.15. The Kier molecular flexibility index (Phi) is 5.04. The van der Waals surface area contributed by atoms with Gasteiger partial charge in [-0.15, -0.1) is 11.3 Å². The number of anilines is 1. The van der Waals surface area contributed by atoms with Crippen LogP contribution in [0.1, 0.15) is 27.7 Å². The number of rotatable bonds is 4. The van der Waals surface area contributed by atoms with Crippen molar-refractivity contribution in [2.45, 2.75) is 20.5 Å². The van der Waals surface area contributed by atoms with Crippen LogP contribution in [0.25, 0.3) is 10.4 Å². The minimum atomic E-state index is -0.0717. The Balaban J connectivity index is 1.76. The Morgan fingerprint density at radius 1 is 1.29 bits per heavy atom. The predicted octanol–water partition coefficient (Wildman–Crippen LogP) is 5.94. The van der Waals surface area contributed by atoms with Crippen molar-refractivity contribution in [1.29, 1.82) is 0 Å². The maximum absolute atomic E-state index is 13.4. The van der Waals surface area contributed by atoms with Crippen molar-refractivity contribution in [1.82, 2.24) is 0 Å². The van der Waals surface area contributed by atoms with Gasteiger partial charge < -0.3 is 14.4 Å². The first kappa shape index (κ1) is 18.8. The second-order valence-electron chi connectivity index (χ2n) is 6.57. The van der Waals surface area contributed by atoms with E-state index >= 15 is 0 Å².